The Hall–Kier alpha value is -3.27. The van der Waals surface area contributed by atoms with Crippen molar-refractivity contribution in [3.8, 4) is 17.2 Å². The molecule has 0 aromatic heterocycles. The fraction of sp³-hybridized carbons (Fsp3) is 0.595. The minimum Gasteiger partial charge on any atom is -0.733 e. The van der Waals surface area contributed by atoms with Gasteiger partial charge in [-0.05, 0) is 109 Å². The molecule has 4 aliphatic carbocycles. The lowest BCUT2D eigenvalue weighted by Gasteiger charge is -2.64. The highest BCUT2D eigenvalue weighted by atomic mass is 16.8. The summed E-state index contributed by atoms with van der Waals surface area (Å²) in [7, 11) is 1.52. The first kappa shape index (κ1) is 30.1. The van der Waals surface area contributed by atoms with Gasteiger partial charge in [-0.25, -0.2) is 4.79 Å². The van der Waals surface area contributed by atoms with E-state index in [-0.39, 0.29) is 52.0 Å². The molecule has 2 N–H and O–H groups in total. The first-order valence-electron chi connectivity index (χ1n) is 16.8. The van der Waals surface area contributed by atoms with Crippen LogP contribution in [0.4, 0.5) is 5.69 Å². The summed E-state index contributed by atoms with van der Waals surface area (Å²) in [4.78, 5) is 14.0. The monoisotopic (exact) mass is 630 g/mol. The van der Waals surface area contributed by atoms with Crippen LogP contribution in [0, 0.1) is 39.2 Å². The lowest BCUT2D eigenvalue weighted by atomic mass is 9.41. The molecule has 0 unspecified atom stereocenters. The highest BCUT2D eigenvalue weighted by Crippen LogP contribution is 2.73. The number of hydrogen-bond donors (Lipinski definition) is 2. The summed E-state index contributed by atoms with van der Waals surface area (Å²) in [6, 6.07) is 8.41. The average Bonchev–Trinajstić information content (AvgIpc) is 3.57. The Morgan fingerprint density at radius 1 is 1.04 bits per heavy atom. The smallest absolute Gasteiger partial charge is 0.339 e. The molecule has 4 saturated carbocycles. The third kappa shape index (κ3) is 4.13. The molecule has 8 rings (SSSR count). The number of hydrogen-bond acceptors (Lipinski definition) is 9. The van der Waals surface area contributed by atoms with Gasteiger partial charge < -0.3 is 34.5 Å². The molecule has 0 radical (unpaired) electrons. The van der Waals surface area contributed by atoms with Gasteiger partial charge in [0.15, 0.2) is 11.5 Å². The van der Waals surface area contributed by atoms with Crippen LogP contribution in [0.5, 0.6) is 17.2 Å². The van der Waals surface area contributed by atoms with Crippen LogP contribution in [-0.2, 0) is 4.74 Å². The van der Waals surface area contributed by atoms with Gasteiger partial charge in [0.1, 0.15) is 18.0 Å². The molecule has 3 aromatic carbocycles. The lowest BCUT2D eigenvalue weighted by molar-refractivity contribution is -0.145. The van der Waals surface area contributed by atoms with Gasteiger partial charge in [-0.3, -0.25) is 5.21 Å². The van der Waals surface area contributed by atoms with Crippen LogP contribution in [0.25, 0.3) is 21.5 Å². The second-order valence-electron chi connectivity index (χ2n) is 15.8. The SMILES string of the molecule is COc1cccc2c1cc(N([O-])O)c1c(C(=O)OC[C@]3(O)C[C@@]45CC[C@H]6C(C)(C)CCC[C@@]6(C)[C@@H]4CC[C@@H]3C5)cc3c(c12)OCO3. The molecule has 0 saturated heterocycles. The Morgan fingerprint density at radius 3 is 2.65 bits per heavy atom. The fourth-order valence-corrected chi connectivity index (χ4v) is 11.6. The summed E-state index contributed by atoms with van der Waals surface area (Å²) in [6.07, 6.45) is 9.80. The molecule has 9 heteroatoms. The first-order chi connectivity index (χ1) is 21.9. The summed E-state index contributed by atoms with van der Waals surface area (Å²) in [6.45, 7) is 7.26. The molecule has 0 amide bonds. The van der Waals surface area contributed by atoms with Gasteiger partial charge in [0.25, 0.3) is 0 Å². The van der Waals surface area contributed by atoms with E-state index in [2.05, 4.69) is 20.8 Å². The molecule has 246 valence electrons. The van der Waals surface area contributed by atoms with E-state index in [1.165, 1.54) is 44.9 Å². The van der Waals surface area contributed by atoms with Crippen molar-refractivity contribution in [1.82, 2.24) is 0 Å². The summed E-state index contributed by atoms with van der Waals surface area (Å²) in [5, 5.41) is 36.7. The van der Waals surface area contributed by atoms with Gasteiger partial charge in [-0.1, -0.05) is 39.3 Å². The van der Waals surface area contributed by atoms with Crippen molar-refractivity contribution in [2.24, 2.45) is 34.0 Å². The minimum absolute atomic E-state index is 0.0551. The van der Waals surface area contributed by atoms with E-state index >= 15 is 0 Å². The van der Waals surface area contributed by atoms with Gasteiger partial charge in [0, 0.05) is 16.2 Å². The molecule has 5 aliphatic rings. The molecule has 4 fully saturated rings. The maximum absolute atomic E-state index is 14.0. The van der Waals surface area contributed by atoms with Crippen LogP contribution in [0.1, 0.15) is 88.9 Å². The topological polar surface area (TPSA) is 121 Å². The van der Waals surface area contributed by atoms with Crippen molar-refractivity contribution in [3.05, 3.63) is 41.1 Å². The van der Waals surface area contributed by atoms with Crippen LogP contribution >= 0.6 is 0 Å². The molecular formula is C37H44NO8-. The fourth-order valence-electron chi connectivity index (χ4n) is 11.6. The number of anilines is 1. The molecule has 9 nitrogen and oxygen atoms in total. The second kappa shape index (κ2) is 10.1. The molecule has 6 atom stereocenters. The highest BCUT2D eigenvalue weighted by Gasteiger charge is 2.67. The van der Waals surface area contributed by atoms with Crippen LogP contribution in [0.2, 0.25) is 0 Å². The largest absolute Gasteiger partial charge is 0.733 e. The Bertz CT molecular complexity index is 1750. The highest BCUT2D eigenvalue weighted by molar-refractivity contribution is 6.23. The third-order valence-electron chi connectivity index (χ3n) is 13.3. The first-order valence-corrected chi connectivity index (χ1v) is 16.8. The minimum atomic E-state index is -1.12. The van der Waals surface area contributed by atoms with E-state index < -0.39 is 11.6 Å². The summed E-state index contributed by atoms with van der Waals surface area (Å²) in [5.74, 6) is 1.85. The Morgan fingerprint density at radius 2 is 1.87 bits per heavy atom. The van der Waals surface area contributed by atoms with Gasteiger partial charge in [0.05, 0.1) is 18.4 Å². The van der Waals surface area contributed by atoms with E-state index in [0.717, 1.165) is 25.7 Å². The van der Waals surface area contributed by atoms with Crippen molar-refractivity contribution in [2.45, 2.75) is 84.2 Å². The van der Waals surface area contributed by atoms with Crippen LogP contribution in [0.15, 0.2) is 30.3 Å². The summed E-state index contributed by atoms with van der Waals surface area (Å²) in [5.41, 5.74) is -0.517. The second-order valence-corrected chi connectivity index (χ2v) is 15.8. The Balaban J connectivity index is 1.14. The molecule has 2 bridgehead atoms. The van der Waals surface area contributed by atoms with E-state index in [0.29, 0.717) is 57.1 Å². The van der Waals surface area contributed by atoms with Crippen molar-refractivity contribution >= 4 is 33.2 Å². The van der Waals surface area contributed by atoms with Crippen LogP contribution < -0.4 is 19.4 Å². The zero-order valence-electron chi connectivity index (χ0n) is 27.2. The standard InChI is InChI=1S/C37H44NO8/c1-34(2)12-6-13-35(3)28(34)11-14-36-17-21(9-10-29(35)36)37(40,18-36)19-44-33(39)24-16-27-32(46-20-45-27)31-22-7-5-8-26(43-4)23(22)15-25(30(24)31)38(41)42/h5,7-8,15-16,21,28-29,40-41H,6,9-14,17-20H2,1-4H3/q-1/t21-,28+,29+,35-,36+,37-/m1/s1. The van der Waals surface area contributed by atoms with E-state index in [1.54, 1.807) is 6.07 Å². The molecular weight excluding hydrogens is 586 g/mol. The van der Waals surface area contributed by atoms with Gasteiger partial charge in [-0.2, -0.15) is 0 Å². The summed E-state index contributed by atoms with van der Waals surface area (Å²) >= 11 is 0. The number of rotatable bonds is 5. The van der Waals surface area contributed by atoms with Crippen molar-refractivity contribution in [1.29, 1.82) is 0 Å². The van der Waals surface area contributed by atoms with Crippen molar-refractivity contribution in [2.75, 3.05) is 25.7 Å². The quantitative estimate of drug-likeness (QED) is 0.166. The number of esters is 1. The Labute approximate surface area is 269 Å². The van der Waals surface area contributed by atoms with E-state index in [4.69, 9.17) is 18.9 Å². The number of fused-ring (bicyclic) bond motifs is 8. The normalized spacial score (nSPS) is 33.8. The average molecular weight is 631 g/mol. The number of aliphatic hydroxyl groups is 1. The van der Waals surface area contributed by atoms with Crippen LogP contribution in [0.3, 0.4) is 0 Å². The van der Waals surface area contributed by atoms with Crippen molar-refractivity contribution in [3.63, 3.8) is 0 Å². The van der Waals surface area contributed by atoms with Crippen LogP contribution in [-0.4, -0.2) is 42.4 Å². The van der Waals surface area contributed by atoms with E-state index in [9.17, 15) is 20.3 Å². The summed E-state index contributed by atoms with van der Waals surface area (Å²) < 4.78 is 23.1. The molecule has 1 spiro atoms. The van der Waals surface area contributed by atoms with Gasteiger partial charge in [-0.15, -0.1) is 0 Å². The number of carbonyl (C=O) groups is 1. The molecule has 1 heterocycles. The number of ether oxygens (including phenoxy) is 4. The molecule has 1 aliphatic heterocycles. The predicted octanol–water partition coefficient (Wildman–Crippen LogP) is 7.74. The number of methoxy groups -OCH3 is 1. The predicted molar refractivity (Wildman–Crippen MR) is 173 cm³/mol. The lowest BCUT2D eigenvalue weighted by Crippen LogP contribution is -2.55. The maximum Gasteiger partial charge on any atom is 0.339 e. The zero-order valence-corrected chi connectivity index (χ0v) is 27.2. The molecule has 3 aromatic rings. The zero-order chi connectivity index (χ0) is 32.2. The number of carbonyl (C=O) groups excluding carboxylic acids is 1. The van der Waals surface area contributed by atoms with Crippen molar-refractivity contribution < 1.29 is 34.1 Å². The van der Waals surface area contributed by atoms with Gasteiger partial charge in [0.2, 0.25) is 6.79 Å². The van der Waals surface area contributed by atoms with Gasteiger partial charge >= 0.3 is 5.97 Å². The van der Waals surface area contributed by atoms with E-state index in [1.807, 2.05) is 12.1 Å². The number of nitrogens with zero attached hydrogens (tertiary/aromatic N) is 1. The molecule has 46 heavy (non-hydrogen) atoms. The maximum atomic E-state index is 14.0. The third-order valence-corrected chi connectivity index (χ3v) is 13.3. The number of benzene rings is 3. The Kier molecular flexibility index (Phi) is 6.62.